The molecule has 0 heterocycles. The molecule has 0 amide bonds. The maximum Gasteiger partial charge on any atom is 0.0661 e. The molecular weight excluding hydrogens is 222 g/mol. The Morgan fingerprint density at radius 3 is 2.56 bits per heavy atom. The van der Waals surface area contributed by atoms with Gasteiger partial charge in [0.05, 0.1) is 6.10 Å². The van der Waals surface area contributed by atoms with Crippen molar-refractivity contribution in [1.29, 1.82) is 0 Å². The van der Waals surface area contributed by atoms with Gasteiger partial charge in [0.15, 0.2) is 0 Å². The normalized spacial score (nSPS) is 29.7. The van der Waals surface area contributed by atoms with Gasteiger partial charge in [0.1, 0.15) is 0 Å². The molecule has 2 atom stereocenters. The number of hydrogen-bond donors (Lipinski definition) is 1. The molecule has 1 N–H and O–H groups in total. The first-order valence-electron chi connectivity index (χ1n) is 8.18. The fourth-order valence-corrected chi connectivity index (χ4v) is 4.00. The van der Waals surface area contributed by atoms with Crippen LogP contribution in [0.15, 0.2) is 0 Å². The molecule has 2 aliphatic rings. The van der Waals surface area contributed by atoms with Crippen molar-refractivity contribution in [2.45, 2.75) is 83.8 Å². The second kappa shape index (κ2) is 6.91. The quantitative estimate of drug-likeness (QED) is 0.663. The number of unbranched alkanes of at least 4 members (excludes halogenated alkanes) is 3. The standard InChI is InChI=1S/C16H31NO/c1-3-5-6-9-12-17-14-13-15(18-4-2)16(14)10-7-8-11-16/h14-15,17H,3-13H2,1-2H3. The van der Waals surface area contributed by atoms with Crippen LogP contribution >= 0.6 is 0 Å². The summed E-state index contributed by atoms with van der Waals surface area (Å²) in [6.07, 6.45) is 12.9. The van der Waals surface area contributed by atoms with Gasteiger partial charge >= 0.3 is 0 Å². The molecule has 0 saturated heterocycles. The van der Waals surface area contributed by atoms with E-state index in [1.807, 2.05) is 0 Å². The summed E-state index contributed by atoms with van der Waals surface area (Å²) in [4.78, 5) is 0. The van der Waals surface area contributed by atoms with Crippen LogP contribution in [0, 0.1) is 5.41 Å². The zero-order valence-corrected chi connectivity index (χ0v) is 12.3. The summed E-state index contributed by atoms with van der Waals surface area (Å²) < 4.78 is 5.95. The van der Waals surface area contributed by atoms with Gasteiger partial charge in [-0.25, -0.2) is 0 Å². The SMILES string of the molecule is CCCCCCNC1CC(OCC)C12CCCC2. The van der Waals surface area contributed by atoms with Crippen LogP contribution in [0.4, 0.5) is 0 Å². The zero-order chi connectivity index (χ0) is 12.8. The highest BCUT2D eigenvalue weighted by Gasteiger charge is 2.56. The summed E-state index contributed by atoms with van der Waals surface area (Å²) in [7, 11) is 0. The van der Waals surface area contributed by atoms with E-state index in [0.717, 1.165) is 12.6 Å². The van der Waals surface area contributed by atoms with E-state index >= 15 is 0 Å². The Kier molecular flexibility index (Phi) is 5.50. The molecule has 18 heavy (non-hydrogen) atoms. The van der Waals surface area contributed by atoms with Gasteiger partial charge in [-0.15, -0.1) is 0 Å². The first-order valence-corrected chi connectivity index (χ1v) is 8.18. The van der Waals surface area contributed by atoms with Gasteiger partial charge in [-0.2, -0.15) is 0 Å². The lowest BCUT2D eigenvalue weighted by atomic mass is 9.60. The monoisotopic (exact) mass is 253 g/mol. The molecule has 1 spiro atoms. The highest BCUT2D eigenvalue weighted by atomic mass is 16.5. The molecule has 2 saturated carbocycles. The molecule has 106 valence electrons. The second-order valence-corrected chi connectivity index (χ2v) is 6.19. The average Bonchev–Trinajstić information content (AvgIpc) is 2.88. The second-order valence-electron chi connectivity index (χ2n) is 6.19. The summed E-state index contributed by atoms with van der Waals surface area (Å²) in [6.45, 7) is 6.51. The van der Waals surface area contributed by atoms with E-state index in [-0.39, 0.29) is 0 Å². The van der Waals surface area contributed by atoms with Crippen molar-refractivity contribution < 1.29 is 4.74 Å². The van der Waals surface area contributed by atoms with Gasteiger partial charge in [-0.1, -0.05) is 39.0 Å². The average molecular weight is 253 g/mol. The minimum atomic E-state index is 0.515. The lowest BCUT2D eigenvalue weighted by Crippen LogP contribution is -2.62. The first-order chi connectivity index (χ1) is 8.83. The van der Waals surface area contributed by atoms with Crippen LogP contribution < -0.4 is 5.32 Å². The summed E-state index contributed by atoms with van der Waals surface area (Å²) in [6, 6.07) is 0.748. The highest BCUT2D eigenvalue weighted by Crippen LogP contribution is 2.54. The number of rotatable bonds is 8. The van der Waals surface area contributed by atoms with Crippen LogP contribution in [-0.4, -0.2) is 25.3 Å². The Balaban J connectivity index is 1.72. The van der Waals surface area contributed by atoms with Gasteiger partial charge in [0, 0.05) is 18.1 Å². The molecule has 2 nitrogen and oxygen atoms in total. The number of nitrogens with one attached hydrogen (secondary N) is 1. The minimum absolute atomic E-state index is 0.515. The van der Waals surface area contributed by atoms with E-state index in [1.54, 1.807) is 0 Å². The van der Waals surface area contributed by atoms with Gasteiger partial charge in [-0.05, 0) is 39.2 Å². The molecule has 0 aliphatic heterocycles. The molecular formula is C16H31NO. The van der Waals surface area contributed by atoms with E-state index in [4.69, 9.17) is 4.74 Å². The van der Waals surface area contributed by atoms with Crippen molar-refractivity contribution in [1.82, 2.24) is 5.32 Å². The van der Waals surface area contributed by atoms with Crippen molar-refractivity contribution in [3.63, 3.8) is 0 Å². The van der Waals surface area contributed by atoms with Crippen molar-refractivity contribution in [2.24, 2.45) is 5.41 Å². The fourth-order valence-electron chi connectivity index (χ4n) is 4.00. The Bertz CT molecular complexity index is 235. The molecule has 2 fully saturated rings. The maximum atomic E-state index is 5.95. The molecule has 2 unspecified atom stereocenters. The lowest BCUT2D eigenvalue weighted by molar-refractivity contribution is -0.130. The van der Waals surface area contributed by atoms with Gasteiger partial charge in [0.2, 0.25) is 0 Å². The van der Waals surface area contributed by atoms with E-state index in [1.165, 1.54) is 64.3 Å². The Hall–Kier alpha value is -0.0800. The molecule has 0 aromatic heterocycles. The minimum Gasteiger partial charge on any atom is -0.378 e. The fraction of sp³-hybridized carbons (Fsp3) is 1.00. The summed E-state index contributed by atoms with van der Waals surface area (Å²) in [5.41, 5.74) is 0.515. The third kappa shape index (κ3) is 2.91. The molecule has 0 aromatic rings. The largest absolute Gasteiger partial charge is 0.378 e. The summed E-state index contributed by atoms with van der Waals surface area (Å²) in [5, 5.41) is 3.82. The molecule has 2 rings (SSSR count). The number of hydrogen-bond acceptors (Lipinski definition) is 2. The highest BCUT2D eigenvalue weighted by molar-refractivity contribution is 5.09. The van der Waals surface area contributed by atoms with Gasteiger partial charge in [0.25, 0.3) is 0 Å². The molecule has 2 heteroatoms. The Morgan fingerprint density at radius 1 is 1.11 bits per heavy atom. The lowest BCUT2D eigenvalue weighted by Gasteiger charge is -2.54. The van der Waals surface area contributed by atoms with Crippen LogP contribution in [-0.2, 0) is 4.74 Å². The van der Waals surface area contributed by atoms with Crippen molar-refractivity contribution in [3.8, 4) is 0 Å². The van der Waals surface area contributed by atoms with Crippen molar-refractivity contribution in [3.05, 3.63) is 0 Å². The van der Waals surface area contributed by atoms with Crippen LogP contribution in [0.3, 0.4) is 0 Å². The third-order valence-electron chi connectivity index (χ3n) is 5.11. The Labute approximate surface area is 113 Å². The third-order valence-corrected chi connectivity index (χ3v) is 5.11. The van der Waals surface area contributed by atoms with E-state index < -0.39 is 0 Å². The van der Waals surface area contributed by atoms with E-state index in [0.29, 0.717) is 11.5 Å². The van der Waals surface area contributed by atoms with Crippen LogP contribution in [0.25, 0.3) is 0 Å². The van der Waals surface area contributed by atoms with E-state index in [9.17, 15) is 0 Å². The van der Waals surface area contributed by atoms with Crippen LogP contribution in [0.1, 0.15) is 71.6 Å². The predicted octanol–water partition coefficient (Wildman–Crippen LogP) is 3.89. The first kappa shape index (κ1) is 14.3. The van der Waals surface area contributed by atoms with Crippen LogP contribution in [0.5, 0.6) is 0 Å². The van der Waals surface area contributed by atoms with Crippen molar-refractivity contribution >= 4 is 0 Å². The number of ether oxygens (including phenoxy) is 1. The van der Waals surface area contributed by atoms with Gasteiger partial charge < -0.3 is 10.1 Å². The molecule has 0 bridgehead atoms. The maximum absolute atomic E-state index is 5.95. The Morgan fingerprint density at radius 2 is 1.89 bits per heavy atom. The predicted molar refractivity (Wildman–Crippen MR) is 76.9 cm³/mol. The van der Waals surface area contributed by atoms with Crippen molar-refractivity contribution in [2.75, 3.05) is 13.2 Å². The zero-order valence-electron chi connectivity index (χ0n) is 12.3. The topological polar surface area (TPSA) is 21.3 Å². The van der Waals surface area contributed by atoms with Gasteiger partial charge in [-0.3, -0.25) is 0 Å². The smallest absolute Gasteiger partial charge is 0.0661 e. The molecule has 0 aromatic carbocycles. The summed E-state index contributed by atoms with van der Waals surface area (Å²) in [5.74, 6) is 0. The molecule has 0 radical (unpaired) electrons. The van der Waals surface area contributed by atoms with Crippen LogP contribution in [0.2, 0.25) is 0 Å². The van der Waals surface area contributed by atoms with E-state index in [2.05, 4.69) is 19.2 Å². The summed E-state index contributed by atoms with van der Waals surface area (Å²) >= 11 is 0. The molecule has 2 aliphatic carbocycles.